The van der Waals surface area contributed by atoms with E-state index in [0.717, 1.165) is 75.1 Å². The van der Waals surface area contributed by atoms with Gasteiger partial charge in [-0.25, -0.2) is 0 Å². The average molecular weight is 545 g/mol. The van der Waals surface area contributed by atoms with Crippen LogP contribution in [0.4, 0.5) is 5.69 Å². The maximum atomic E-state index is 10.9. The molecule has 4 N–H and O–H groups in total. The van der Waals surface area contributed by atoms with E-state index in [2.05, 4.69) is 11.4 Å². The number of fused-ring (bicyclic) bond motifs is 1. The van der Waals surface area contributed by atoms with E-state index in [0.29, 0.717) is 12.3 Å². The molecule has 10 heteroatoms. The molecular weight excluding hydrogens is 505 g/mol. The van der Waals surface area contributed by atoms with E-state index in [1.807, 2.05) is 6.07 Å². The van der Waals surface area contributed by atoms with E-state index >= 15 is 0 Å². The van der Waals surface area contributed by atoms with Crippen molar-refractivity contribution in [2.24, 2.45) is 5.73 Å². The number of nitro benzene ring substituents is 1. The van der Waals surface area contributed by atoms with Gasteiger partial charge in [-0.05, 0) is 74.4 Å². The Morgan fingerprint density at radius 1 is 1.08 bits per heavy atom. The van der Waals surface area contributed by atoms with E-state index in [4.69, 9.17) is 15.2 Å². The molecular formula is C26H39Cl2N3O5. The molecule has 0 saturated carbocycles. The van der Waals surface area contributed by atoms with E-state index in [1.165, 1.54) is 23.3 Å². The Morgan fingerprint density at radius 3 is 2.53 bits per heavy atom. The van der Waals surface area contributed by atoms with Crippen molar-refractivity contribution in [1.82, 2.24) is 5.32 Å². The number of nitrogens with zero attached hydrogens (tertiary/aromatic N) is 1. The van der Waals surface area contributed by atoms with Crippen LogP contribution in [0, 0.1) is 10.1 Å². The van der Waals surface area contributed by atoms with Crippen molar-refractivity contribution in [3.05, 3.63) is 57.1 Å². The van der Waals surface area contributed by atoms with Crippen LogP contribution in [0.15, 0.2) is 30.3 Å². The van der Waals surface area contributed by atoms with E-state index in [9.17, 15) is 15.2 Å². The molecule has 2 aromatic rings. The molecule has 0 fully saturated rings. The molecule has 0 spiro atoms. The van der Waals surface area contributed by atoms with Crippen LogP contribution in [0.3, 0.4) is 0 Å². The molecule has 3 rings (SSSR count). The van der Waals surface area contributed by atoms with Crippen LogP contribution in [-0.4, -0.2) is 43.4 Å². The van der Waals surface area contributed by atoms with Crippen molar-refractivity contribution in [3.63, 3.8) is 0 Å². The highest BCUT2D eigenvalue weighted by molar-refractivity contribution is 5.85. The van der Waals surface area contributed by atoms with Gasteiger partial charge in [-0.1, -0.05) is 31.4 Å². The maximum absolute atomic E-state index is 10.9. The highest BCUT2D eigenvalue weighted by Gasteiger charge is 2.29. The van der Waals surface area contributed by atoms with E-state index < -0.39 is 4.92 Å². The fraction of sp³-hybridized carbons (Fsp3) is 0.538. The van der Waals surface area contributed by atoms with Gasteiger partial charge >= 0.3 is 5.69 Å². The number of benzene rings is 2. The highest BCUT2D eigenvalue weighted by atomic mass is 35.5. The number of aromatic hydroxyl groups is 1. The number of unbranched alkanes of at least 4 members (excludes halogenated alkanes) is 3. The number of nitrogens with one attached hydrogen (secondary N) is 1. The fourth-order valence-electron chi connectivity index (χ4n) is 4.92. The van der Waals surface area contributed by atoms with Crippen LogP contribution < -0.4 is 20.5 Å². The Hall–Kier alpha value is -2.26. The van der Waals surface area contributed by atoms with Gasteiger partial charge in [0.05, 0.1) is 19.1 Å². The molecule has 0 bridgehead atoms. The van der Waals surface area contributed by atoms with Crippen molar-refractivity contribution < 1.29 is 19.5 Å². The van der Waals surface area contributed by atoms with E-state index in [-0.39, 0.29) is 42.3 Å². The van der Waals surface area contributed by atoms with Crippen LogP contribution in [-0.2, 0) is 12.8 Å². The van der Waals surface area contributed by atoms with Gasteiger partial charge in [0.15, 0.2) is 17.2 Å². The molecule has 36 heavy (non-hydrogen) atoms. The number of rotatable bonds is 13. The monoisotopic (exact) mass is 543 g/mol. The van der Waals surface area contributed by atoms with Crippen LogP contribution in [0.25, 0.3) is 0 Å². The van der Waals surface area contributed by atoms with Gasteiger partial charge < -0.3 is 25.6 Å². The molecule has 1 aliphatic carbocycles. The second-order valence-electron chi connectivity index (χ2n) is 8.96. The second-order valence-corrected chi connectivity index (χ2v) is 8.96. The first-order chi connectivity index (χ1) is 16.5. The molecule has 0 saturated heterocycles. The number of nitro groups is 1. The number of phenols is 1. The largest absolute Gasteiger partial charge is 0.502 e. The summed E-state index contributed by atoms with van der Waals surface area (Å²) in [6, 6.07) is 8.89. The maximum Gasteiger partial charge on any atom is 0.310 e. The summed E-state index contributed by atoms with van der Waals surface area (Å²) in [6.07, 6.45) is 8.21. The summed E-state index contributed by atoms with van der Waals surface area (Å²) in [4.78, 5) is 10.4. The summed E-state index contributed by atoms with van der Waals surface area (Å²) in [5, 5.41) is 23.9. The number of hydrogen-bond donors (Lipinski definition) is 3. The molecule has 0 aliphatic heterocycles. The molecule has 2 aromatic carbocycles. The number of nitrogens with two attached hydrogens (primary N) is 1. The van der Waals surface area contributed by atoms with Gasteiger partial charge in [-0.3, -0.25) is 10.1 Å². The Bertz CT molecular complexity index is 977. The lowest BCUT2D eigenvalue weighted by atomic mass is 9.76. The smallest absolute Gasteiger partial charge is 0.310 e. The summed E-state index contributed by atoms with van der Waals surface area (Å²) in [6.45, 7) is 1.67. The Morgan fingerprint density at radius 2 is 1.83 bits per heavy atom. The Labute approximate surface area is 225 Å². The summed E-state index contributed by atoms with van der Waals surface area (Å²) >= 11 is 0. The molecule has 2 unspecified atom stereocenters. The predicted octanol–water partition coefficient (Wildman–Crippen LogP) is 5.30. The topological polar surface area (TPSA) is 120 Å². The number of methoxy groups -OCH3 is 2. The molecule has 8 nitrogen and oxygen atoms in total. The summed E-state index contributed by atoms with van der Waals surface area (Å²) in [7, 11) is 3.37. The molecule has 0 heterocycles. The zero-order valence-corrected chi connectivity index (χ0v) is 22.7. The first-order valence-corrected chi connectivity index (χ1v) is 12.1. The van der Waals surface area contributed by atoms with Crippen molar-refractivity contribution in [1.29, 1.82) is 0 Å². The fourth-order valence-corrected chi connectivity index (χ4v) is 4.92. The quantitative estimate of drug-likeness (QED) is 0.178. The predicted molar refractivity (Wildman–Crippen MR) is 147 cm³/mol. The van der Waals surface area contributed by atoms with Gasteiger partial charge in [0.2, 0.25) is 0 Å². The Balaban J connectivity index is 0.00000324. The second kappa shape index (κ2) is 15.8. The number of halogens is 2. The third kappa shape index (κ3) is 8.13. The van der Waals surface area contributed by atoms with Crippen molar-refractivity contribution in [3.8, 4) is 17.2 Å². The number of phenolic OH excluding ortho intramolecular Hbond substituents is 1. The van der Waals surface area contributed by atoms with Crippen molar-refractivity contribution >= 4 is 30.5 Å². The summed E-state index contributed by atoms with van der Waals surface area (Å²) in [5.74, 6) is 1.70. The molecule has 202 valence electrons. The van der Waals surface area contributed by atoms with Gasteiger partial charge in [-0.2, -0.15) is 0 Å². The SMILES string of the molecule is COc1ccc2c(c1OC)CCC(N)C2CCCCCCNCCc1ccc(O)c([N+](=O)[O-])c1.Cl.Cl. The lowest BCUT2D eigenvalue weighted by molar-refractivity contribution is -0.385. The zero-order valence-electron chi connectivity index (χ0n) is 21.0. The first-order valence-electron chi connectivity index (χ1n) is 12.1. The van der Waals surface area contributed by atoms with Crippen LogP contribution >= 0.6 is 24.8 Å². The number of ether oxygens (including phenoxy) is 2. The number of hydrogen-bond acceptors (Lipinski definition) is 7. The zero-order chi connectivity index (χ0) is 24.5. The average Bonchev–Trinajstić information content (AvgIpc) is 2.83. The molecule has 0 aromatic heterocycles. The third-order valence-electron chi connectivity index (χ3n) is 6.77. The van der Waals surface area contributed by atoms with Gasteiger partial charge in [0, 0.05) is 17.7 Å². The van der Waals surface area contributed by atoms with Crippen molar-refractivity contribution in [2.45, 2.75) is 63.3 Å². The van der Waals surface area contributed by atoms with Gasteiger partial charge in [0.1, 0.15) is 0 Å². The lowest BCUT2D eigenvalue weighted by Crippen LogP contribution is -2.33. The van der Waals surface area contributed by atoms with Crippen LogP contribution in [0.5, 0.6) is 17.2 Å². The first kappa shape index (κ1) is 31.8. The molecule has 2 atom stereocenters. The highest BCUT2D eigenvalue weighted by Crippen LogP contribution is 2.43. The summed E-state index contributed by atoms with van der Waals surface area (Å²) in [5.41, 5.74) is 9.66. The lowest BCUT2D eigenvalue weighted by Gasteiger charge is -2.32. The van der Waals surface area contributed by atoms with Gasteiger partial charge in [0.25, 0.3) is 0 Å². The molecule has 0 amide bonds. The minimum Gasteiger partial charge on any atom is -0.502 e. The normalized spacial score (nSPS) is 16.3. The molecule has 1 aliphatic rings. The summed E-state index contributed by atoms with van der Waals surface area (Å²) < 4.78 is 11.1. The molecule has 0 radical (unpaired) electrons. The van der Waals surface area contributed by atoms with Crippen LogP contribution in [0.1, 0.15) is 61.1 Å². The third-order valence-corrected chi connectivity index (χ3v) is 6.77. The minimum absolute atomic E-state index is 0. The van der Waals surface area contributed by atoms with E-state index in [1.54, 1.807) is 20.3 Å². The van der Waals surface area contributed by atoms with Gasteiger partial charge in [-0.15, -0.1) is 24.8 Å². The van der Waals surface area contributed by atoms with Crippen molar-refractivity contribution in [2.75, 3.05) is 27.3 Å². The Kier molecular flexibility index (Phi) is 13.9. The van der Waals surface area contributed by atoms with Crippen LogP contribution in [0.2, 0.25) is 0 Å². The standard InChI is InChI=1S/C26H37N3O5.2ClH/c1-33-25-13-10-19-20(22(27)11-9-21(19)26(25)34-2)7-5-3-4-6-15-28-16-14-18-8-12-24(30)23(17-18)29(31)32;;/h8,10,12-13,17,20,22,28,30H,3-7,9,11,14-16,27H2,1-2H3;2*1H. The minimum atomic E-state index is -0.557.